The number of rotatable bonds is 4. The van der Waals surface area contributed by atoms with Crippen LogP contribution in [0.15, 0.2) is 53.3 Å². The third-order valence-corrected chi connectivity index (χ3v) is 6.67. The van der Waals surface area contributed by atoms with Gasteiger partial charge in [0.1, 0.15) is 5.82 Å². The first-order chi connectivity index (χ1) is 15.9. The number of aromatic amines is 1. The molecule has 5 rings (SSSR count). The molecule has 1 aliphatic carbocycles. The number of hydrogen-bond donors (Lipinski definition) is 3. The van der Waals surface area contributed by atoms with Gasteiger partial charge in [0.05, 0.1) is 10.9 Å². The van der Waals surface area contributed by atoms with Crippen LogP contribution in [0.4, 0.5) is 15.8 Å². The number of benzene rings is 2. The number of carboxylic acid groups (broad SMARTS) is 1. The zero-order valence-corrected chi connectivity index (χ0v) is 18.1. The minimum absolute atomic E-state index is 0.263. The third kappa shape index (κ3) is 4.09. The number of nitrogens with one attached hydrogen (secondary N) is 1. The smallest absolute Gasteiger partial charge is 0.335 e. The highest BCUT2D eigenvalue weighted by Gasteiger charge is 2.27. The molecule has 33 heavy (non-hydrogen) atoms. The predicted octanol–water partition coefficient (Wildman–Crippen LogP) is 3.32. The lowest BCUT2D eigenvalue weighted by atomic mass is 10.1. The Kier molecular flexibility index (Phi) is 5.38. The van der Waals surface area contributed by atoms with E-state index >= 15 is 0 Å². The molecular formula is C25H25FN4O3. The van der Waals surface area contributed by atoms with Crippen molar-refractivity contribution in [2.45, 2.75) is 18.9 Å². The average Bonchev–Trinajstić information content (AvgIpc) is 3.30. The molecule has 2 aliphatic rings. The number of fused-ring (bicyclic) bond motifs is 1. The van der Waals surface area contributed by atoms with Gasteiger partial charge in [-0.3, -0.25) is 9.69 Å². The van der Waals surface area contributed by atoms with Crippen molar-refractivity contribution in [3.05, 3.63) is 76.0 Å². The van der Waals surface area contributed by atoms with E-state index in [2.05, 4.69) is 20.9 Å². The maximum atomic E-state index is 13.6. The Bertz CT molecular complexity index is 1310. The second kappa shape index (κ2) is 8.37. The fraction of sp³-hybridized carbons (Fsp3) is 0.280. The van der Waals surface area contributed by atoms with Gasteiger partial charge in [0.15, 0.2) is 0 Å². The number of hydrogen-bond acceptors (Lipinski definition) is 5. The summed E-state index contributed by atoms with van der Waals surface area (Å²) >= 11 is 0. The highest BCUT2D eigenvalue weighted by Crippen LogP contribution is 2.32. The highest BCUT2D eigenvalue weighted by molar-refractivity contribution is 5.94. The lowest BCUT2D eigenvalue weighted by molar-refractivity contribution is 0.0697. The zero-order chi connectivity index (χ0) is 23.1. The topological polar surface area (TPSA) is 103 Å². The summed E-state index contributed by atoms with van der Waals surface area (Å²) in [6.45, 7) is 3.52. The summed E-state index contributed by atoms with van der Waals surface area (Å²) in [5, 5.41) is 9.91. The molecule has 1 aliphatic heterocycles. The third-order valence-electron chi connectivity index (χ3n) is 6.67. The number of piperazine rings is 1. The average molecular weight is 448 g/mol. The molecule has 4 N–H and O–H groups in total. The number of halogens is 1. The van der Waals surface area contributed by atoms with Gasteiger partial charge in [-0.05, 0) is 60.9 Å². The molecule has 0 bridgehead atoms. The van der Waals surface area contributed by atoms with Crippen molar-refractivity contribution in [2.24, 2.45) is 0 Å². The molecule has 1 aromatic heterocycles. The molecule has 8 heteroatoms. The van der Waals surface area contributed by atoms with Gasteiger partial charge in [0.25, 0.3) is 5.56 Å². The standard InChI is InChI=1S/C25H25FN4O3/c26-17-12-21-20(22(27)13-17)14-23(28-24(21)31)16-3-6-19(11-16)30-9-7-29(8-10-30)18-4-1-15(2-5-18)25(32)33/h1-2,4-5,11-14,19H,3,6-10,27H2,(H,28,31)(H,32,33). The van der Waals surface area contributed by atoms with E-state index in [0.29, 0.717) is 17.0 Å². The molecular weight excluding hydrogens is 423 g/mol. The van der Waals surface area contributed by atoms with Gasteiger partial charge in [0.2, 0.25) is 0 Å². The number of aromatic nitrogens is 1. The van der Waals surface area contributed by atoms with Crippen LogP contribution in [0.25, 0.3) is 16.3 Å². The van der Waals surface area contributed by atoms with Crippen molar-refractivity contribution >= 4 is 33.7 Å². The van der Waals surface area contributed by atoms with Crippen LogP contribution >= 0.6 is 0 Å². The van der Waals surface area contributed by atoms with Gasteiger partial charge in [0, 0.05) is 54.7 Å². The molecule has 2 aromatic carbocycles. The first kappa shape index (κ1) is 21.2. The molecule has 0 amide bonds. The van der Waals surface area contributed by atoms with Crippen LogP contribution in [0.1, 0.15) is 28.9 Å². The Hall–Kier alpha value is -3.65. The minimum atomic E-state index is -0.919. The van der Waals surface area contributed by atoms with Crippen LogP contribution < -0.4 is 16.2 Å². The molecule has 1 atom stereocenters. The van der Waals surface area contributed by atoms with Crippen molar-refractivity contribution in [3.63, 3.8) is 0 Å². The highest BCUT2D eigenvalue weighted by atomic mass is 19.1. The second-order valence-corrected chi connectivity index (χ2v) is 8.64. The quantitative estimate of drug-likeness (QED) is 0.529. The Balaban J connectivity index is 1.29. The second-order valence-electron chi connectivity index (χ2n) is 8.64. The fourth-order valence-electron chi connectivity index (χ4n) is 4.87. The van der Waals surface area contributed by atoms with Crippen LogP contribution in [0.2, 0.25) is 0 Å². The van der Waals surface area contributed by atoms with Crippen LogP contribution in [0.3, 0.4) is 0 Å². The van der Waals surface area contributed by atoms with E-state index in [1.165, 1.54) is 12.1 Å². The van der Waals surface area contributed by atoms with Crippen molar-refractivity contribution in [1.29, 1.82) is 0 Å². The van der Waals surface area contributed by atoms with Gasteiger partial charge >= 0.3 is 5.97 Å². The molecule has 1 saturated heterocycles. The Morgan fingerprint density at radius 2 is 1.79 bits per heavy atom. The van der Waals surface area contributed by atoms with Gasteiger partial charge in [-0.1, -0.05) is 6.08 Å². The van der Waals surface area contributed by atoms with Crippen LogP contribution in [-0.4, -0.2) is 53.2 Å². The maximum absolute atomic E-state index is 13.6. The summed E-state index contributed by atoms with van der Waals surface area (Å²) in [7, 11) is 0. The van der Waals surface area contributed by atoms with E-state index in [1.807, 2.05) is 18.2 Å². The van der Waals surface area contributed by atoms with E-state index in [-0.39, 0.29) is 16.6 Å². The molecule has 2 heterocycles. The van der Waals surface area contributed by atoms with Crippen LogP contribution in [-0.2, 0) is 0 Å². The normalized spacial score (nSPS) is 19.1. The van der Waals surface area contributed by atoms with E-state index in [4.69, 9.17) is 10.8 Å². The summed E-state index contributed by atoms with van der Waals surface area (Å²) in [6.07, 6.45) is 4.04. The van der Waals surface area contributed by atoms with Gasteiger partial charge in [-0.25, -0.2) is 9.18 Å². The number of anilines is 2. The van der Waals surface area contributed by atoms with Crippen molar-refractivity contribution in [2.75, 3.05) is 36.8 Å². The Morgan fingerprint density at radius 1 is 1.06 bits per heavy atom. The molecule has 170 valence electrons. The van der Waals surface area contributed by atoms with Gasteiger partial charge in [-0.15, -0.1) is 0 Å². The summed E-state index contributed by atoms with van der Waals surface area (Å²) in [5.41, 5.74) is 9.04. The van der Waals surface area contributed by atoms with Gasteiger partial charge in [-0.2, -0.15) is 0 Å². The fourth-order valence-corrected chi connectivity index (χ4v) is 4.87. The lowest BCUT2D eigenvalue weighted by Crippen LogP contribution is -2.49. The SMILES string of the molecule is Nc1cc(F)cc2c(=O)[nH]c(C3=CC(N4CCN(c5ccc(C(=O)O)cc5)CC4)CC3)cc12. The number of pyridine rings is 1. The van der Waals surface area contributed by atoms with E-state index in [1.54, 1.807) is 12.1 Å². The Morgan fingerprint density at radius 3 is 2.48 bits per heavy atom. The van der Waals surface area contributed by atoms with Crippen LogP contribution in [0, 0.1) is 5.82 Å². The zero-order valence-electron chi connectivity index (χ0n) is 18.1. The van der Waals surface area contributed by atoms with Crippen molar-refractivity contribution in [3.8, 4) is 0 Å². The largest absolute Gasteiger partial charge is 0.478 e. The van der Waals surface area contributed by atoms with E-state index in [9.17, 15) is 14.0 Å². The van der Waals surface area contributed by atoms with Crippen molar-refractivity contribution < 1.29 is 14.3 Å². The number of carboxylic acids is 1. The number of nitrogen functional groups attached to an aromatic ring is 1. The molecule has 1 fully saturated rings. The summed E-state index contributed by atoms with van der Waals surface area (Å²) < 4.78 is 13.6. The predicted molar refractivity (Wildman–Crippen MR) is 127 cm³/mol. The molecule has 0 spiro atoms. The number of aromatic carboxylic acids is 1. The number of H-pyrrole nitrogens is 1. The summed E-state index contributed by atoms with van der Waals surface area (Å²) in [4.78, 5) is 31.2. The van der Waals surface area contributed by atoms with Gasteiger partial charge < -0.3 is 20.7 Å². The number of allylic oxidation sites excluding steroid dienone is 1. The molecule has 0 saturated carbocycles. The first-order valence-corrected chi connectivity index (χ1v) is 11.0. The molecule has 7 nitrogen and oxygen atoms in total. The number of nitrogens with two attached hydrogens (primary N) is 1. The number of carbonyl (C=O) groups is 1. The summed E-state index contributed by atoms with van der Waals surface area (Å²) in [6, 6.07) is 11.6. The van der Waals surface area contributed by atoms with E-state index < -0.39 is 11.8 Å². The minimum Gasteiger partial charge on any atom is -0.478 e. The van der Waals surface area contributed by atoms with Crippen molar-refractivity contribution in [1.82, 2.24) is 9.88 Å². The summed E-state index contributed by atoms with van der Waals surface area (Å²) in [5.74, 6) is -1.44. The monoisotopic (exact) mass is 448 g/mol. The first-order valence-electron chi connectivity index (χ1n) is 11.0. The Labute approximate surface area is 189 Å². The maximum Gasteiger partial charge on any atom is 0.335 e. The number of nitrogens with zero attached hydrogens (tertiary/aromatic N) is 2. The van der Waals surface area contributed by atoms with Crippen LogP contribution in [0.5, 0.6) is 0 Å². The molecule has 3 aromatic rings. The van der Waals surface area contributed by atoms with E-state index in [0.717, 1.165) is 56.0 Å². The molecule has 1 unspecified atom stereocenters. The molecule has 0 radical (unpaired) electrons. The lowest BCUT2D eigenvalue weighted by Gasteiger charge is -2.38.